The largest absolute Gasteiger partial charge is 0.416 e. The van der Waals surface area contributed by atoms with E-state index in [0.717, 1.165) is 12.1 Å². The first-order chi connectivity index (χ1) is 7.93. The fraction of sp³-hybridized carbons (Fsp3) is 0.364. The average Bonchev–Trinajstić information content (AvgIpc) is 2.55. The third kappa shape index (κ3) is 2.12. The smallest absolute Gasteiger partial charge is 0.330 e. The Morgan fingerprint density at radius 3 is 2.65 bits per heavy atom. The molecule has 0 radical (unpaired) electrons. The van der Waals surface area contributed by atoms with Crippen LogP contribution in [-0.2, 0) is 19.8 Å². The number of rotatable bonds is 2. The molecule has 0 fully saturated rings. The van der Waals surface area contributed by atoms with Crippen molar-refractivity contribution in [3.05, 3.63) is 29.6 Å². The van der Waals surface area contributed by atoms with Crippen LogP contribution in [0.4, 0.5) is 13.2 Å². The molecular weight excluding hydrogens is 231 g/mol. The maximum absolute atomic E-state index is 12.5. The molecule has 0 bridgehead atoms. The van der Waals surface area contributed by atoms with Gasteiger partial charge in [-0.15, -0.1) is 0 Å². The summed E-state index contributed by atoms with van der Waals surface area (Å²) in [7, 11) is 3.55. The molecule has 2 rings (SSSR count). The number of nitrogens with one attached hydrogen (secondary N) is 1. The first kappa shape index (κ1) is 11.9. The van der Waals surface area contributed by atoms with Gasteiger partial charge in [-0.2, -0.15) is 13.2 Å². The van der Waals surface area contributed by atoms with Gasteiger partial charge in [-0.05, 0) is 25.2 Å². The molecule has 1 heterocycles. The second kappa shape index (κ2) is 4.03. The Balaban J connectivity index is 2.56. The zero-order valence-electron chi connectivity index (χ0n) is 9.47. The quantitative estimate of drug-likeness (QED) is 0.877. The number of halogens is 3. The lowest BCUT2D eigenvalue weighted by Crippen LogP contribution is -2.10. The SMILES string of the molecule is CNCc1nc2cc(C(F)(F)F)ccc2n1C. The van der Waals surface area contributed by atoms with Gasteiger partial charge in [-0.1, -0.05) is 0 Å². The van der Waals surface area contributed by atoms with E-state index < -0.39 is 11.7 Å². The van der Waals surface area contributed by atoms with Crippen LogP contribution in [0, 0.1) is 0 Å². The topological polar surface area (TPSA) is 29.9 Å². The van der Waals surface area contributed by atoms with Crippen LogP contribution in [0.1, 0.15) is 11.4 Å². The molecule has 0 saturated heterocycles. The highest BCUT2D eigenvalue weighted by atomic mass is 19.4. The molecule has 0 aliphatic carbocycles. The zero-order valence-corrected chi connectivity index (χ0v) is 9.47. The Bertz CT molecular complexity index is 543. The highest BCUT2D eigenvalue weighted by molar-refractivity contribution is 5.77. The predicted molar refractivity (Wildman–Crippen MR) is 58.5 cm³/mol. The number of nitrogens with zero attached hydrogens (tertiary/aromatic N) is 2. The molecule has 0 amide bonds. The van der Waals surface area contributed by atoms with Gasteiger partial charge in [0.15, 0.2) is 0 Å². The molecule has 17 heavy (non-hydrogen) atoms. The minimum absolute atomic E-state index is 0.368. The van der Waals surface area contributed by atoms with E-state index in [1.807, 2.05) is 0 Å². The van der Waals surface area contributed by atoms with Crippen LogP contribution in [0.5, 0.6) is 0 Å². The molecule has 6 heteroatoms. The van der Waals surface area contributed by atoms with Crippen molar-refractivity contribution in [1.82, 2.24) is 14.9 Å². The minimum Gasteiger partial charge on any atom is -0.330 e. The third-order valence-corrected chi connectivity index (χ3v) is 2.64. The van der Waals surface area contributed by atoms with Gasteiger partial charge >= 0.3 is 6.18 Å². The van der Waals surface area contributed by atoms with Crippen LogP contribution < -0.4 is 5.32 Å². The van der Waals surface area contributed by atoms with Gasteiger partial charge in [0.05, 0.1) is 23.1 Å². The maximum Gasteiger partial charge on any atom is 0.416 e. The van der Waals surface area contributed by atoms with Crippen molar-refractivity contribution < 1.29 is 13.2 Å². The Kier molecular flexibility index (Phi) is 2.82. The molecule has 0 atom stereocenters. The van der Waals surface area contributed by atoms with Crippen molar-refractivity contribution in [1.29, 1.82) is 0 Å². The summed E-state index contributed by atoms with van der Waals surface area (Å²) in [4.78, 5) is 4.18. The van der Waals surface area contributed by atoms with Crippen molar-refractivity contribution in [2.75, 3.05) is 7.05 Å². The highest BCUT2D eigenvalue weighted by Crippen LogP contribution is 2.31. The summed E-state index contributed by atoms with van der Waals surface area (Å²) in [5, 5.41) is 2.93. The highest BCUT2D eigenvalue weighted by Gasteiger charge is 2.30. The average molecular weight is 243 g/mol. The van der Waals surface area contributed by atoms with E-state index in [4.69, 9.17) is 0 Å². The number of hydrogen-bond acceptors (Lipinski definition) is 2. The molecule has 0 unspecified atom stereocenters. The number of alkyl halides is 3. The maximum atomic E-state index is 12.5. The van der Waals surface area contributed by atoms with Crippen molar-refractivity contribution in [2.45, 2.75) is 12.7 Å². The normalized spacial score (nSPS) is 12.3. The zero-order chi connectivity index (χ0) is 12.6. The lowest BCUT2D eigenvalue weighted by atomic mass is 10.2. The minimum atomic E-state index is -4.32. The molecule has 0 aliphatic heterocycles. The van der Waals surface area contributed by atoms with Gasteiger partial charge < -0.3 is 9.88 Å². The fourth-order valence-corrected chi connectivity index (χ4v) is 1.74. The van der Waals surface area contributed by atoms with Crippen molar-refractivity contribution >= 4 is 11.0 Å². The van der Waals surface area contributed by atoms with E-state index in [0.29, 0.717) is 23.4 Å². The standard InChI is InChI=1S/C11H12F3N3/c1-15-6-10-16-8-5-7(11(12,13)14)3-4-9(8)17(10)2/h3-5,15H,6H2,1-2H3. The Morgan fingerprint density at radius 2 is 2.06 bits per heavy atom. The summed E-state index contributed by atoms with van der Waals surface area (Å²) >= 11 is 0. The summed E-state index contributed by atoms with van der Waals surface area (Å²) in [6.07, 6.45) is -4.32. The summed E-state index contributed by atoms with van der Waals surface area (Å²) in [5.74, 6) is 0.710. The Labute approximate surface area is 96.3 Å². The van der Waals surface area contributed by atoms with Gasteiger partial charge in [0.2, 0.25) is 0 Å². The van der Waals surface area contributed by atoms with Gasteiger partial charge in [-0.3, -0.25) is 0 Å². The number of aromatic nitrogens is 2. The first-order valence-corrected chi connectivity index (χ1v) is 5.10. The predicted octanol–water partition coefficient (Wildman–Crippen LogP) is 2.31. The molecule has 1 aromatic carbocycles. The monoisotopic (exact) mass is 243 g/mol. The van der Waals surface area contributed by atoms with Crippen molar-refractivity contribution in [3.63, 3.8) is 0 Å². The van der Waals surface area contributed by atoms with E-state index in [-0.39, 0.29) is 0 Å². The van der Waals surface area contributed by atoms with E-state index in [9.17, 15) is 13.2 Å². The Hall–Kier alpha value is -1.56. The van der Waals surface area contributed by atoms with Crippen LogP contribution in [0.15, 0.2) is 18.2 Å². The van der Waals surface area contributed by atoms with Crippen LogP contribution in [0.3, 0.4) is 0 Å². The second-order valence-corrected chi connectivity index (χ2v) is 3.82. The summed E-state index contributed by atoms with van der Waals surface area (Å²) in [5.41, 5.74) is 0.398. The van der Waals surface area contributed by atoms with E-state index in [1.165, 1.54) is 6.07 Å². The molecule has 92 valence electrons. The summed E-state index contributed by atoms with van der Waals surface area (Å²) in [6, 6.07) is 3.60. The third-order valence-electron chi connectivity index (χ3n) is 2.64. The molecule has 3 nitrogen and oxygen atoms in total. The molecule has 1 N–H and O–H groups in total. The van der Waals surface area contributed by atoms with Crippen LogP contribution in [0.2, 0.25) is 0 Å². The van der Waals surface area contributed by atoms with E-state index in [2.05, 4.69) is 10.3 Å². The van der Waals surface area contributed by atoms with Crippen LogP contribution in [-0.4, -0.2) is 16.6 Å². The lowest BCUT2D eigenvalue weighted by Gasteiger charge is -2.05. The van der Waals surface area contributed by atoms with E-state index >= 15 is 0 Å². The molecule has 0 spiro atoms. The number of imidazole rings is 1. The number of fused-ring (bicyclic) bond motifs is 1. The van der Waals surface area contributed by atoms with Crippen molar-refractivity contribution in [2.24, 2.45) is 7.05 Å². The number of benzene rings is 1. The first-order valence-electron chi connectivity index (χ1n) is 5.10. The lowest BCUT2D eigenvalue weighted by molar-refractivity contribution is -0.137. The molecule has 2 aromatic rings. The van der Waals surface area contributed by atoms with Gasteiger partial charge in [0, 0.05) is 7.05 Å². The Morgan fingerprint density at radius 1 is 1.35 bits per heavy atom. The fourth-order valence-electron chi connectivity index (χ4n) is 1.74. The van der Waals surface area contributed by atoms with Crippen LogP contribution >= 0.6 is 0 Å². The van der Waals surface area contributed by atoms with E-state index in [1.54, 1.807) is 18.7 Å². The van der Waals surface area contributed by atoms with Gasteiger partial charge in [0.1, 0.15) is 5.82 Å². The van der Waals surface area contributed by atoms with Crippen molar-refractivity contribution in [3.8, 4) is 0 Å². The number of hydrogen-bond donors (Lipinski definition) is 1. The molecular formula is C11H12F3N3. The summed E-state index contributed by atoms with van der Waals surface area (Å²) in [6.45, 7) is 0.520. The molecule has 0 saturated carbocycles. The number of aryl methyl sites for hydroxylation is 1. The second-order valence-electron chi connectivity index (χ2n) is 3.82. The van der Waals surface area contributed by atoms with Gasteiger partial charge in [-0.25, -0.2) is 4.98 Å². The van der Waals surface area contributed by atoms with Gasteiger partial charge in [0.25, 0.3) is 0 Å². The summed E-state index contributed by atoms with van der Waals surface area (Å²) < 4.78 is 39.4. The molecule has 1 aromatic heterocycles. The molecule has 0 aliphatic rings. The van der Waals surface area contributed by atoms with Crippen LogP contribution in [0.25, 0.3) is 11.0 Å².